The van der Waals surface area contributed by atoms with Crippen LogP contribution in [0.2, 0.25) is 0 Å². The van der Waals surface area contributed by atoms with Crippen molar-refractivity contribution in [2.75, 3.05) is 5.32 Å². The Labute approximate surface area is 72.6 Å². The second-order valence-electron chi connectivity index (χ2n) is 2.56. The molecule has 1 aromatic rings. The molecule has 1 aromatic carbocycles. The molecule has 2 nitrogen and oxygen atoms in total. The fourth-order valence-corrected chi connectivity index (χ4v) is 1.05. The maximum Gasteiger partial charge on any atom is 0.221 e. The first kappa shape index (κ1) is 8.78. The molecule has 0 atom stereocenters. The molecule has 0 fully saturated rings. The van der Waals surface area contributed by atoms with Crippen LogP contribution in [-0.2, 0) is 4.79 Å². The highest BCUT2D eigenvalue weighted by Gasteiger charge is 1.99. The first-order chi connectivity index (χ1) is 5.74. The molecule has 0 spiro atoms. The highest BCUT2D eigenvalue weighted by atomic mass is 16.1. The summed E-state index contributed by atoms with van der Waals surface area (Å²) in [6, 6.07) is 7.70. The molecule has 12 heavy (non-hydrogen) atoms. The van der Waals surface area contributed by atoms with Crippen LogP contribution in [0.4, 0.5) is 5.69 Å². The van der Waals surface area contributed by atoms with Crippen molar-refractivity contribution in [2.24, 2.45) is 0 Å². The zero-order valence-electron chi connectivity index (χ0n) is 7.29. The summed E-state index contributed by atoms with van der Waals surface area (Å²) in [5.41, 5.74) is 1.92. The lowest BCUT2D eigenvalue weighted by Gasteiger charge is -2.06. The van der Waals surface area contributed by atoms with E-state index in [1.807, 2.05) is 37.6 Å². The summed E-state index contributed by atoms with van der Waals surface area (Å²) in [5, 5.41) is 2.75. The summed E-state index contributed by atoms with van der Waals surface area (Å²) in [6.45, 7) is 3.45. The van der Waals surface area contributed by atoms with Gasteiger partial charge in [-0.3, -0.25) is 4.79 Å². The lowest BCUT2D eigenvalue weighted by molar-refractivity contribution is -0.114. The number of benzene rings is 1. The van der Waals surface area contributed by atoms with Gasteiger partial charge >= 0.3 is 0 Å². The standard InChI is InChI=1S/C10H12NO/c1-3-9-6-4-5-7-10(9)11-8(2)12/h3-7H,1-2H3,(H,11,12). The Balaban J connectivity index is 2.89. The van der Waals surface area contributed by atoms with Crippen LogP contribution in [0.1, 0.15) is 19.4 Å². The number of hydrogen-bond acceptors (Lipinski definition) is 1. The van der Waals surface area contributed by atoms with Gasteiger partial charge in [-0.1, -0.05) is 25.1 Å². The van der Waals surface area contributed by atoms with E-state index in [2.05, 4.69) is 5.32 Å². The molecule has 0 aliphatic rings. The van der Waals surface area contributed by atoms with Gasteiger partial charge in [-0.2, -0.15) is 0 Å². The Hall–Kier alpha value is -1.31. The maximum absolute atomic E-state index is 10.8. The first-order valence-electron chi connectivity index (χ1n) is 3.90. The molecule has 0 heterocycles. The second kappa shape index (κ2) is 3.90. The number of carbonyl (C=O) groups is 1. The summed E-state index contributed by atoms with van der Waals surface area (Å²) in [5.74, 6) is -0.0377. The molecule has 0 bridgehead atoms. The molecule has 63 valence electrons. The van der Waals surface area contributed by atoms with E-state index in [9.17, 15) is 4.79 Å². The molecule has 0 aliphatic carbocycles. The van der Waals surface area contributed by atoms with Crippen molar-refractivity contribution >= 4 is 11.6 Å². The second-order valence-corrected chi connectivity index (χ2v) is 2.56. The van der Waals surface area contributed by atoms with Crippen LogP contribution in [0.5, 0.6) is 0 Å². The number of rotatable bonds is 2. The van der Waals surface area contributed by atoms with Crippen LogP contribution < -0.4 is 5.32 Å². The van der Waals surface area contributed by atoms with Crippen LogP contribution in [0.3, 0.4) is 0 Å². The van der Waals surface area contributed by atoms with E-state index in [0.29, 0.717) is 0 Å². The van der Waals surface area contributed by atoms with Gasteiger partial charge in [0.25, 0.3) is 0 Å². The minimum absolute atomic E-state index is 0.0377. The zero-order chi connectivity index (χ0) is 8.97. The molecular formula is C10H12NO. The van der Waals surface area contributed by atoms with E-state index in [0.717, 1.165) is 11.3 Å². The number of para-hydroxylation sites is 1. The van der Waals surface area contributed by atoms with Crippen molar-refractivity contribution in [1.82, 2.24) is 0 Å². The van der Waals surface area contributed by atoms with Crippen molar-refractivity contribution < 1.29 is 4.79 Å². The molecule has 0 unspecified atom stereocenters. The zero-order valence-corrected chi connectivity index (χ0v) is 7.29. The van der Waals surface area contributed by atoms with Crippen LogP contribution in [0.15, 0.2) is 24.3 Å². The van der Waals surface area contributed by atoms with E-state index < -0.39 is 0 Å². The Morgan fingerprint density at radius 1 is 1.42 bits per heavy atom. The van der Waals surface area contributed by atoms with Crippen LogP contribution in [0.25, 0.3) is 0 Å². The first-order valence-corrected chi connectivity index (χ1v) is 3.90. The molecule has 2 heteroatoms. The highest BCUT2D eigenvalue weighted by molar-refractivity contribution is 5.89. The minimum Gasteiger partial charge on any atom is -0.326 e. The fraction of sp³-hybridized carbons (Fsp3) is 0.200. The third kappa shape index (κ3) is 2.09. The smallest absolute Gasteiger partial charge is 0.221 e. The van der Waals surface area contributed by atoms with Gasteiger partial charge in [0.1, 0.15) is 0 Å². The summed E-state index contributed by atoms with van der Waals surface area (Å²) >= 11 is 0. The van der Waals surface area contributed by atoms with E-state index >= 15 is 0 Å². The molecule has 0 aromatic heterocycles. The normalized spacial score (nSPS) is 9.50. The van der Waals surface area contributed by atoms with Crippen molar-refractivity contribution in [3.05, 3.63) is 36.2 Å². The Morgan fingerprint density at radius 2 is 2.08 bits per heavy atom. The van der Waals surface area contributed by atoms with E-state index in [-0.39, 0.29) is 5.91 Å². The summed E-state index contributed by atoms with van der Waals surface area (Å²) in [6.07, 6.45) is 1.96. The van der Waals surface area contributed by atoms with Gasteiger partial charge in [-0.15, -0.1) is 0 Å². The van der Waals surface area contributed by atoms with Crippen molar-refractivity contribution in [1.29, 1.82) is 0 Å². The molecule has 0 aliphatic heterocycles. The van der Waals surface area contributed by atoms with Crippen molar-refractivity contribution in [2.45, 2.75) is 13.8 Å². The van der Waals surface area contributed by atoms with Gasteiger partial charge in [-0.05, 0) is 18.1 Å². The van der Waals surface area contributed by atoms with Crippen LogP contribution in [0, 0.1) is 6.42 Å². The van der Waals surface area contributed by atoms with Gasteiger partial charge in [0, 0.05) is 12.6 Å². The highest BCUT2D eigenvalue weighted by Crippen LogP contribution is 2.15. The Morgan fingerprint density at radius 3 is 2.67 bits per heavy atom. The number of nitrogens with one attached hydrogen (secondary N) is 1. The topological polar surface area (TPSA) is 29.1 Å². The molecule has 0 saturated carbocycles. The molecule has 0 saturated heterocycles. The third-order valence-corrected chi connectivity index (χ3v) is 1.58. The number of amides is 1. The summed E-state index contributed by atoms with van der Waals surface area (Å²) in [7, 11) is 0. The monoisotopic (exact) mass is 162 g/mol. The average Bonchev–Trinajstić information content (AvgIpc) is 2.04. The van der Waals surface area contributed by atoms with Crippen LogP contribution >= 0.6 is 0 Å². The lowest BCUT2D eigenvalue weighted by atomic mass is 10.1. The maximum atomic E-state index is 10.8. The van der Waals surface area contributed by atoms with Crippen LogP contribution in [-0.4, -0.2) is 5.91 Å². The largest absolute Gasteiger partial charge is 0.326 e. The molecule has 1 amide bonds. The molecule has 1 N–H and O–H groups in total. The van der Waals surface area contributed by atoms with Gasteiger partial charge in [0.05, 0.1) is 0 Å². The van der Waals surface area contributed by atoms with Gasteiger partial charge in [-0.25, -0.2) is 0 Å². The predicted molar refractivity (Wildman–Crippen MR) is 49.8 cm³/mol. The summed E-state index contributed by atoms with van der Waals surface area (Å²) in [4.78, 5) is 10.8. The third-order valence-electron chi connectivity index (χ3n) is 1.58. The minimum atomic E-state index is -0.0377. The Bertz CT molecular complexity index is 281. The van der Waals surface area contributed by atoms with Gasteiger partial charge in [0.2, 0.25) is 5.91 Å². The van der Waals surface area contributed by atoms with Crippen molar-refractivity contribution in [3.8, 4) is 0 Å². The quantitative estimate of drug-likeness (QED) is 0.709. The van der Waals surface area contributed by atoms with E-state index in [4.69, 9.17) is 0 Å². The predicted octanol–water partition coefficient (Wildman–Crippen LogP) is 2.22. The fourth-order valence-electron chi connectivity index (χ4n) is 1.05. The number of hydrogen-bond donors (Lipinski definition) is 1. The SMILES string of the molecule is C[CH]c1ccccc1NC(C)=O. The van der Waals surface area contributed by atoms with E-state index in [1.54, 1.807) is 0 Å². The summed E-state index contributed by atoms with van der Waals surface area (Å²) < 4.78 is 0. The Kier molecular flexibility index (Phi) is 2.86. The van der Waals surface area contributed by atoms with Gasteiger partial charge in [0.15, 0.2) is 0 Å². The molecular weight excluding hydrogens is 150 g/mol. The number of carbonyl (C=O) groups excluding carboxylic acids is 1. The van der Waals surface area contributed by atoms with E-state index in [1.165, 1.54) is 6.92 Å². The molecule has 1 rings (SSSR count). The number of anilines is 1. The molecule has 1 radical (unpaired) electrons. The van der Waals surface area contributed by atoms with Gasteiger partial charge < -0.3 is 5.32 Å². The average molecular weight is 162 g/mol. The lowest BCUT2D eigenvalue weighted by Crippen LogP contribution is -2.07. The van der Waals surface area contributed by atoms with Crippen molar-refractivity contribution in [3.63, 3.8) is 0 Å².